The summed E-state index contributed by atoms with van der Waals surface area (Å²) in [7, 11) is 0. The van der Waals surface area contributed by atoms with Crippen LogP contribution in [0, 0.1) is 0 Å². The molecule has 0 aliphatic heterocycles. The van der Waals surface area contributed by atoms with Gasteiger partial charge in [0.2, 0.25) is 0 Å². The van der Waals surface area contributed by atoms with Crippen LogP contribution in [-0.4, -0.2) is 35.6 Å². The molecule has 1 aromatic carbocycles. The van der Waals surface area contributed by atoms with E-state index in [4.69, 9.17) is 9.47 Å². The Hall–Kier alpha value is -2.41. The Morgan fingerprint density at radius 1 is 1.35 bits per heavy atom. The summed E-state index contributed by atoms with van der Waals surface area (Å²) < 4.78 is 10.8. The van der Waals surface area contributed by atoms with Crippen LogP contribution in [0.5, 0.6) is 5.75 Å². The van der Waals surface area contributed by atoms with Crippen molar-refractivity contribution in [3.05, 3.63) is 35.3 Å². The summed E-state index contributed by atoms with van der Waals surface area (Å²) in [6, 6.07) is 7.92. The second kappa shape index (κ2) is 8.31. The fraction of sp³-hybridized carbons (Fsp3) is 0.421. The van der Waals surface area contributed by atoms with Crippen molar-refractivity contribution in [2.24, 2.45) is 0 Å². The summed E-state index contributed by atoms with van der Waals surface area (Å²) in [4.78, 5) is 28.4. The molecule has 1 aliphatic rings. The topological polar surface area (TPSA) is 77.5 Å². The number of nitrogens with one attached hydrogen (secondary N) is 1. The van der Waals surface area contributed by atoms with Crippen molar-refractivity contribution >= 4 is 23.2 Å². The van der Waals surface area contributed by atoms with Gasteiger partial charge in [-0.25, -0.2) is 4.98 Å². The normalized spacial score (nSPS) is 14.5. The van der Waals surface area contributed by atoms with Crippen LogP contribution in [0.25, 0.3) is 10.6 Å². The highest BCUT2D eigenvalue weighted by Gasteiger charge is 2.27. The Kier molecular flexibility index (Phi) is 5.88. The molecule has 1 aromatic heterocycles. The first-order valence-corrected chi connectivity index (χ1v) is 9.61. The van der Waals surface area contributed by atoms with Crippen LogP contribution in [0.15, 0.2) is 29.6 Å². The Morgan fingerprint density at radius 3 is 2.85 bits per heavy atom. The lowest BCUT2D eigenvalue weighted by atomic mass is 10.2. The van der Waals surface area contributed by atoms with Crippen molar-refractivity contribution in [2.45, 2.75) is 45.3 Å². The summed E-state index contributed by atoms with van der Waals surface area (Å²) in [6.45, 7) is 4.09. The molecule has 0 saturated heterocycles. The van der Waals surface area contributed by atoms with Crippen LogP contribution in [0.2, 0.25) is 0 Å². The van der Waals surface area contributed by atoms with E-state index in [0.717, 1.165) is 29.2 Å². The van der Waals surface area contributed by atoms with Gasteiger partial charge in [-0.05, 0) is 38.8 Å². The van der Waals surface area contributed by atoms with Crippen molar-refractivity contribution in [3.8, 4) is 16.3 Å². The molecule has 26 heavy (non-hydrogen) atoms. The maximum Gasteiger partial charge on any atom is 0.312 e. The fourth-order valence-electron chi connectivity index (χ4n) is 2.42. The lowest BCUT2D eigenvalue weighted by molar-refractivity contribution is -0.154. The molecule has 138 valence electrons. The van der Waals surface area contributed by atoms with E-state index in [1.54, 1.807) is 6.92 Å². The second-order valence-electron chi connectivity index (χ2n) is 6.16. The molecule has 1 atom stereocenters. The zero-order valence-electron chi connectivity index (χ0n) is 14.9. The van der Waals surface area contributed by atoms with Gasteiger partial charge in [0.25, 0.3) is 5.91 Å². The molecule has 1 N–H and O–H groups in total. The number of para-hydroxylation sites is 1. The third kappa shape index (κ3) is 4.82. The fourth-order valence-corrected chi connectivity index (χ4v) is 3.27. The standard InChI is InChI=1S/C19H22N2O4S/c1-3-24-16-7-5-4-6-15(16)19-21-14(11-26-19)10-17(22)25-12(2)18(23)20-13-8-9-13/h4-7,11-13H,3,8-10H2,1-2H3,(H,20,23). The van der Waals surface area contributed by atoms with E-state index in [1.807, 2.05) is 36.6 Å². The van der Waals surface area contributed by atoms with Crippen molar-refractivity contribution in [3.63, 3.8) is 0 Å². The van der Waals surface area contributed by atoms with Crippen molar-refractivity contribution in [1.29, 1.82) is 0 Å². The molecule has 3 rings (SSSR count). The summed E-state index contributed by atoms with van der Waals surface area (Å²) in [5.74, 6) is 0.0627. The molecule has 1 fully saturated rings. The van der Waals surface area contributed by atoms with Gasteiger partial charge >= 0.3 is 5.97 Å². The number of amides is 1. The summed E-state index contributed by atoms with van der Waals surface area (Å²) in [5.41, 5.74) is 1.52. The van der Waals surface area contributed by atoms with E-state index in [-0.39, 0.29) is 18.4 Å². The van der Waals surface area contributed by atoms with E-state index < -0.39 is 12.1 Å². The molecule has 2 aromatic rings. The lowest BCUT2D eigenvalue weighted by Gasteiger charge is -2.12. The first-order chi connectivity index (χ1) is 12.6. The average Bonchev–Trinajstić information content (AvgIpc) is 3.31. The lowest BCUT2D eigenvalue weighted by Crippen LogP contribution is -2.37. The zero-order chi connectivity index (χ0) is 18.5. The number of thiazole rings is 1. The van der Waals surface area contributed by atoms with E-state index in [2.05, 4.69) is 10.3 Å². The molecule has 1 heterocycles. The van der Waals surface area contributed by atoms with Gasteiger partial charge in [0.1, 0.15) is 10.8 Å². The maximum absolute atomic E-state index is 12.1. The number of hydrogen-bond donors (Lipinski definition) is 1. The first-order valence-electron chi connectivity index (χ1n) is 8.73. The number of ether oxygens (including phenoxy) is 2. The molecular formula is C19H22N2O4S. The summed E-state index contributed by atoms with van der Waals surface area (Å²) in [6.07, 6.45) is 1.24. The predicted octanol–water partition coefficient (Wildman–Crippen LogP) is 2.96. The quantitative estimate of drug-likeness (QED) is 0.719. The van der Waals surface area contributed by atoms with Crippen molar-refractivity contribution in [1.82, 2.24) is 10.3 Å². The molecular weight excluding hydrogens is 352 g/mol. The molecule has 1 amide bonds. The minimum atomic E-state index is -0.792. The van der Waals surface area contributed by atoms with E-state index in [1.165, 1.54) is 11.3 Å². The van der Waals surface area contributed by atoms with Gasteiger partial charge in [-0.3, -0.25) is 9.59 Å². The summed E-state index contributed by atoms with van der Waals surface area (Å²) >= 11 is 1.45. The third-order valence-electron chi connectivity index (χ3n) is 3.90. The number of carbonyl (C=O) groups excluding carboxylic acids is 2. The third-order valence-corrected chi connectivity index (χ3v) is 4.82. The summed E-state index contributed by atoms with van der Waals surface area (Å²) in [5, 5.41) is 5.44. The smallest absolute Gasteiger partial charge is 0.312 e. The van der Waals surface area contributed by atoms with Gasteiger partial charge in [0.05, 0.1) is 24.3 Å². The molecule has 0 radical (unpaired) electrons. The number of nitrogens with zero attached hydrogens (tertiary/aromatic N) is 1. The van der Waals surface area contributed by atoms with Crippen LogP contribution in [0.1, 0.15) is 32.4 Å². The number of benzene rings is 1. The van der Waals surface area contributed by atoms with E-state index in [9.17, 15) is 9.59 Å². The van der Waals surface area contributed by atoms with Crippen molar-refractivity contribution in [2.75, 3.05) is 6.61 Å². The van der Waals surface area contributed by atoms with Gasteiger partial charge in [-0.2, -0.15) is 0 Å². The van der Waals surface area contributed by atoms with Gasteiger partial charge in [0.15, 0.2) is 6.10 Å². The van der Waals surface area contributed by atoms with Crippen LogP contribution in [0.4, 0.5) is 0 Å². The second-order valence-corrected chi connectivity index (χ2v) is 7.02. The number of carbonyl (C=O) groups is 2. The molecule has 0 spiro atoms. The highest BCUT2D eigenvalue weighted by Crippen LogP contribution is 2.32. The number of aromatic nitrogens is 1. The molecule has 1 unspecified atom stereocenters. The zero-order valence-corrected chi connectivity index (χ0v) is 15.7. The highest BCUT2D eigenvalue weighted by molar-refractivity contribution is 7.13. The predicted molar refractivity (Wildman–Crippen MR) is 99.1 cm³/mol. The van der Waals surface area contributed by atoms with Gasteiger partial charge in [-0.15, -0.1) is 11.3 Å². The molecule has 1 aliphatic carbocycles. The minimum absolute atomic E-state index is 0.0361. The minimum Gasteiger partial charge on any atom is -0.493 e. The largest absolute Gasteiger partial charge is 0.493 e. The molecule has 7 heteroatoms. The maximum atomic E-state index is 12.1. The monoisotopic (exact) mass is 374 g/mol. The number of rotatable bonds is 8. The average molecular weight is 374 g/mol. The number of esters is 1. The van der Waals surface area contributed by atoms with Crippen LogP contribution < -0.4 is 10.1 Å². The number of hydrogen-bond acceptors (Lipinski definition) is 6. The highest BCUT2D eigenvalue weighted by atomic mass is 32.1. The van der Waals surface area contributed by atoms with Crippen LogP contribution in [-0.2, 0) is 20.7 Å². The Bertz CT molecular complexity index is 785. The van der Waals surface area contributed by atoms with Crippen LogP contribution >= 0.6 is 11.3 Å². The SMILES string of the molecule is CCOc1ccccc1-c1nc(CC(=O)OC(C)C(=O)NC2CC2)cs1. The Morgan fingerprint density at radius 2 is 2.12 bits per heavy atom. The molecule has 1 saturated carbocycles. The van der Waals surface area contributed by atoms with Crippen molar-refractivity contribution < 1.29 is 19.1 Å². The van der Waals surface area contributed by atoms with Gasteiger partial charge in [0, 0.05) is 11.4 Å². The van der Waals surface area contributed by atoms with E-state index >= 15 is 0 Å². The Balaban J connectivity index is 1.59. The van der Waals surface area contributed by atoms with Gasteiger partial charge < -0.3 is 14.8 Å². The molecule has 0 bridgehead atoms. The van der Waals surface area contributed by atoms with Crippen LogP contribution in [0.3, 0.4) is 0 Å². The van der Waals surface area contributed by atoms with E-state index in [0.29, 0.717) is 12.3 Å². The Labute approximate surface area is 156 Å². The first kappa shape index (κ1) is 18.4. The molecule has 6 nitrogen and oxygen atoms in total. The van der Waals surface area contributed by atoms with Gasteiger partial charge in [-0.1, -0.05) is 12.1 Å².